The van der Waals surface area contributed by atoms with E-state index in [-0.39, 0.29) is 0 Å². The predicted octanol–water partition coefficient (Wildman–Crippen LogP) is 2.50. The molecule has 222 valence electrons. The highest BCUT2D eigenvalue weighted by atomic mass is 14.9. The normalized spacial score (nSPS) is 10.9. The first-order chi connectivity index (χ1) is 22.4. The van der Waals surface area contributed by atoms with E-state index in [1.54, 1.807) is 0 Å². The molecule has 0 atom stereocenters. The van der Waals surface area contributed by atoms with Gasteiger partial charge in [-0.15, -0.1) is 0 Å². The van der Waals surface area contributed by atoms with Crippen LogP contribution in [-0.4, -0.2) is 15.7 Å². The van der Waals surface area contributed by atoms with Crippen molar-refractivity contribution in [3.05, 3.63) is 181 Å². The second kappa shape index (κ2) is 14.2. The fraction of sp³-hybridized carbons (Fsp3) is 0.100. The van der Waals surface area contributed by atoms with Gasteiger partial charge in [-0.2, -0.15) is 0 Å². The number of nitrogens with zero attached hydrogens (tertiary/aromatic N) is 4. The van der Waals surface area contributed by atoms with E-state index < -0.39 is 0 Å². The van der Waals surface area contributed by atoms with E-state index in [2.05, 4.69) is 182 Å². The van der Waals surface area contributed by atoms with Crippen LogP contribution in [0.15, 0.2) is 148 Å². The molecule has 0 unspecified atom stereocenters. The first kappa shape index (κ1) is 30.7. The highest BCUT2D eigenvalue weighted by molar-refractivity contribution is 6.32. The molecule has 0 fully saturated rings. The fourth-order valence-electron chi connectivity index (χ4n) is 6.04. The molecule has 0 saturated carbocycles. The molecule has 0 bridgehead atoms. The van der Waals surface area contributed by atoms with Gasteiger partial charge in [0, 0.05) is 70.8 Å². The Hall–Kier alpha value is -5.35. The minimum absolute atomic E-state index is 0.834. The quantitative estimate of drug-likeness (QED) is 0.161. The summed E-state index contributed by atoms with van der Waals surface area (Å²) in [6.07, 6.45) is 20.9. The van der Waals surface area contributed by atoms with Crippen LogP contribution >= 0.6 is 0 Å². The third kappa shape index (κ3) is 8.02. The molecular weight excluding hydrogens is 558 g/mol. The van der Waals surface area contributed by atoms with Crippen LogP contribution in [0.1, 0.15) is 33.4 Å². The largest absolute Gasteiger partial charge is 0.201 e. The van der Waals surface area contributed by atoms with Crippen LogP contribution in [0.4, 0.5) is 0 Å². The predicted molar refractivity (Wildman–Crippen MR) is 191 cm³/mol. The van der Waals surface area contributed by atoms with Crippen LogP contribution in [0.3, 0.4) is 0 Å². The van der Waals surface area contributed by atoms with Crippen molar-refractivity contribution in [1.82, 2.24) is 0 Å². The van der Waals surface area contributed by atoms with Crippen molar-refractivity contribution >= 4 is 38.8 Å². The molecule has 0 aliphatic heterocycles. The Labute approximate surface area is 274 Å². The number of rotatable bonds is 11. The molecule has 0 aliphatic carbocycles. The molecule has 0 radical (unpaired) electrons. The number of hydrogen-bond acceptors (Lipinski definition) is 0. The summed E-state index contributed by atoms with van der Waals surface area (Å²) in [5.41, 5.74) is 12.5. The summed E-state index contributed by atoms with van der Waals surface area (Å²) in [5.74, 6) is 0. The van der Waals surface area contributed by atoms with E-state index in [0.717, 1.165) is 37.3 Å². The van der Waals surface area contributed by atoms with Crippen molar-refractivity contribution in [2.45, 2.75) is 26.2 Å². The molecule has 4 aromatic heterocycles. The first-order valence-corrected chi connectivity index (χ1v) is 15.8. The summed E-state index contributed by atoms with van der Waals surface area (Å²) in [6.45, 7) is 11.1. The first-order valence-electron chi connectivity index (χ1n) is 15.8. The van der Waals surface area contributed by atoms with E-state index in [9.17, 15) is 0 Å². The van der Waals surface area contributed by atoms with Crippen molar-refractivity contribution in [3.63, 3.8) is 0 Å². The SMILES string of the molecule is Bc1cc(C[n+]2ccc(C=C)cc2)cc(C[n+]2ccc(-c3cc[n+](Cc4cc(B)cc(C[n+]5ccc(C=C)cc5)c4)cc3)cc2)c1. The Kier molecular flexibility index (Phi) is 9.45. The van der Waals surface area contributed by atoms with Crippen LogP contribution in [-0.2, 0) is 26.2 Å². The topological polar surface area (TPSA) is 15.5 Å². The van der Waals surface area contributed by atoms with Gasteiger partial charge in [0.15, 0.2) is 75.8 Å². The van der Waals surface area contributed by atoms with Gasteiger partial charge >= 0.3 is 0 Å². The van der Waals surface area contributed by atoms with Crippen molar-refractivity contribution in [2.24, 2.45) is 0 Å². The van der Waals surface area contributed by atoms with Gasteiger partial charge in [0.05, 0.1) is 0 Å². The molecule has 0 saturated heterocycles. The summed E-state index contributed by atoms with van der Waals surface area (Å²) < 4.78 is 8.91. The average molecular weight is 598 g/mol. The van der Waals surface area contributed by atoms with E-state index in [0.29, 0.717) is 0 Å². The Morgan fingerprint density at radius 2 is 0.674 bits per heavy atom. The van der Waals surface area contributed by atoms with Crippen LogP contribution in [0.5, 0.6) is 0 Å². The molecular formula is C40H40B2N4+4. The lowest BCUT2D eigenvalue weighted by atomic mass is 9.91. The summed E-state index contributed by atoms with van der Waals surface area (Å²) >= 11 is 0. The summed E-state index contributed by atoms with van der Waals surface area (Å²) in [5, 5.41) is 0. The Morgan fingerprint density at radius 3 is 0.935 bits per heavy atom. The molecule has 4 heterocycles. The molecule has 0 spiro atoms. The van der Waals surface area contributed by atoms with E-state index >= 15 is 0 Å². The van der Waals surface area contributed by atoms with Gasteiger partial charge in [0.2, 0.25) is 0 Å². The number of hydrogen-bond donors (Lipinski definition) is 0. The summed E-state index contributed by atoms with van der Waals surface area (Å²) in [4.78, 5) is 0. The van der Waals surface area contributed by atoms with Crippen molar-refractivity contribution in [1.29, 1.82) is 0 Å². The van der Waals surface area contributed by atoms with E-state index in [1.807, 2.05) is 12.2 Å². The average Bonchev–Trinajstić information content (AvgIpc) is 3.06. The number of aromatic nitrogens is 4. The molecule has 0 amide bonds. The zero-order chi connectivity index (χ0) is 31.9. The fourth-order valence-corrected chi connectivity index (χ4v) is 6.04. The van der Waals surface area contributed by atoms with Gasteiger partial charge < -0.3 is 0 Å². The highest BCUT2D eigenvalue weighted by Gasteiger charge is 2.12. The smallest absolute Gasteiger partial charge is 0.173 e. The lowest BCUT2D eigenvalue weighted by Crippen LogP contribution is -2.35. The van der Waals surface area contributed by atoms with Crippen LogP contribution in [0.2, 0.25) is 0 Å². The second-order valence-electron chi connectivity index (χ2n) is 12.2. The highest BCUT2D eigenvalue weighted by Crippen LogP contribution is 2.16. The number of pyridine rings is 4. The zero-order valence-corrected chi connectivity index (χ0v) is 26.9. The third-order valence-electron chi connectivity index (χ3n) is 8.28. The van der Waals surface area contributed by atoms with Gasteiger partial charge in [-0.05, 0) is 34.4 Å². The van der Waals surface area contributed by atoms with Crippen molar-refractivity contribution in [3.8, 4) is 11.1 Å². The van der Waals surface area contributed by atoms with Gasteiger partial charge in [-0.3, -0.25) is 0 Å². The lowest BCUT2D eigenvalue weighted by Gasteiger charge is -2.06. The molecule has 2 aromatic carbocycles. The Morgan fingerprint density at radius 1 is 0.413 bits per heavy atom. The second-order valence-corrected chi connectivity index (χ2v) is 12.2. The monoisotopic (exact) mass is 598 g/mol. The standard InChI is InChI=1S/C40H40B2N4/c1-3-31-5-13-43(14-6-31)27-33-21-35(25-39(41)23-33)29-45-17-9-37(10-18-45)38-11-19-46(20-12-38)30-36-22-34(24-40(42)26-36)28-44-15-7-32(4-2)8-16-44/h3-26H,1-2,27-30,41-42H2/q+4. The Bertz CT molecular complexity index is 1820. The van der Waals surface area contributed by atoms with Crippen LogP contribution in [0.25, 0.3) is 23.3 Å². The lowest BCUT2D eigenvalue weighted by molar-refractivity contribution is -0.689. The minimum Gasteiger partial charge on any atom is -0.201 e. The summed E-state index contributed by atoms with van der Waals surface area (Å²) in [7, 11) is 4.35. The maximum absolute atomic E-state index is 3.85. The maximum atomic E-state index is 3.85. The summed E-state index contributed by atoms with van der Waals surface area (Å²) in [6, 6.07) is 30.9. The van der Waals surface area contributed by atoms with Crippen molar-refractivity contribution < 1.29 is 18.3 Å². The third-order valence-corrected chi connectivity index (χ3v) is 8.28. The molecule has 6 rings (SSSR count). The number of benzene rings is 2. The van der Waals surface area contributed by atoms with Gasteiger partial charge in [-0.1, -0.05) is 60.5 Å². The molecule has 0 N–H and O–H groups in total. The zero-order valence-electron chi connectivity index (χ0n) is 26.9. The molecule has 46 heavy (non-hydrogen) atoms. The molecule has 0 aliphatic rings. The van der Waals surface area contributed by atoms with Gasteiger partial charge in [0.25, 0.3) is 0 Å². The minimum atomic E-state index is 0.834. The molecule has 6 heteroatoms. The van der Waals surface area contributed by atoms with E-state index in [1.165, 1.54) is 44.3 Å². The van der Waals surface area contributed by atoms with Gasteiger partial charge in [0.1, 0.15) is 15.7 Å². The van der Waals surface area contributed by atoms with Crippen LogP contribution < -0.4 is 29.2 Å². The van der Waals surface area contributed by atoms with E-state index in [4.69, 9.17) is 0 Å². The van der Waals surface area contributed by atoms with Gasteiger partial charge in [-0.25, -0.2) is 18.3 Å². The van der Waals surface area contributed by atoms with Crippen molar-refractivity contribution in [2.75, 3.05) is 0 Å². The Balaban J connectivity index is 1.09. The molecule has 4 nitrogen and oxygen atoms in total. The van der Waals surface area contributed by atoms with Crippen LogP contribution in [0, 0.1) is 0 Å². The molecule has 6 aromatic rings. The maximum Gasteiger partial charge on any atom is 0.173 e.